The Labute approximate surface area is 101 Å². The van der Waals surface area contributed by atoms with Gasteiger partial charge in [0.25, 0.3) is 6.43 Å². The number of pyridine rings is 1. The van der Waals surface area contributed by atoms with Gasteiger partial charge in [0.1, 0.15) is 9.39 Å². The molecule has 0 fully saturated rings. The van der Waals surface area contributed by atoms with Crippen molar-refractivity contribution >= 4 is 44.8 Å². The van der Waals surface area contributed by atoms with Crippen LogP contribution in [0.15, 0.2) is 6.07 Å². The Bertz CT molecular complexity index is 359. The van der Waals surface area contributed by atoms with Crippen LogP contribution in [0.2, 0.25) is 0 Å². The molecule has 1 aromatic rings. The highest BCUT2D eigenvalue weighted by molar-refractivity contribution is 14.1. The van der Waals surface area contributed by atoms with Crippen LogP contribution in [0.25, 0.3) is 0 Å². The number of carbonyl (C=O) groups excluding carboxylic acids is 1. The van der Waals surface area contributed by atoms with Crippen molar-refractivity contribution in [3.8, 4) is 0 Å². The van der Waals surface area contributed by atoms with Crippen LogP contribution >= 0.6 is 38.5 Å². The maximum Gasteiger partial charge on any atom is 0.266 e. The third-order valence-electron chi connectivity index (χ3n) is 1.61. The molecule has 0 unspecified atom stereocenters. The second-order valence-corrected chi connectivity index (χ2v) is 4.05. The molecular weight excluding hydrogens is 371 g/mol. The molecule has 76 valence electrons. The van der Waals surface area contributed by atoms with E-state index in [1.807, 2.05) is 0 Å². The summed E-state index contributed by atoms with van der Waals surface area (Å²) in [5, 5.41) is 0.338. The molecule has 0 aromatic carbocycles. The maximum atomic E-state index is 12.4. The Kier molecular flexibility index (Phi) is 4.36. The molecule has 1 aromatic heterocycles. The van der Waals surface area contributed by atoms with E-state index in [1.165, 1.54) is 6.07 Å². The zero-order valence-corrected chi connectivity index (χ0v) is 10.5. The highest BCUT2D eigenvalue weighted by Crippen LogP contribution is 2.25. The lowest BCUT2D eigenvalue weighted by Crippen LogP contribution is -2.01. The van der Waals surface area contributed by atoms with Gasteiger partial charge in [0.05, 0.1) is 0 Å². The summed E-state index contributed by atoms with van der Waals surface area (Å²) in [5.41, 5.74) is 0.553. The number of rotatable bonds is 3. The maximum absolute atomic E-state index is 12.4. The van der Waals surface area contributed by atoms with Crippen LogP contribution in [0.4, 0.5) is 8.78 Å². The zero-order valence-electron chi connectivity index (χ0n) is 6.81. The molecule has 0 atom stereocenters. The summed E-state index contributed by atoms with van der Waals surface area (Å²) < 4.78 is 25.0. The Hall–Kier alpha value is -0.110. The van der Waals surface area contributed by atoms with E-state index in [0.717, 1.165) is 0 Å². The summed E-state index contributed by atoms with van der Waals surface area (Å²) >= 11 is 4.80. The molecule has 0 radical (unpaired) electrons. The van der Waals surface area contributed by atoms with Crippen LogP contribution in [0.5, 0.6) is 0 Å². The molecule has 0 spiro atoms. The number of aromatic nitrogens is 1. The largest absolute Gasteiger partial charge is 0.296 e. The molecule has 0 bridgehead atoms. The van der Waals surface area contributed by atoms with Crippen LogP contribution in [0.3, 0.4) is 0 Å². The number of carbonyl (C=O) groups is 1. The normalized spacial score (nSPS) is 10.6. The Balaban J connectivity index is 3.30. The Morgan fingerprint density at radius 3 is 2.71 bits per heavy atom. The first-order valence-electron chi connectivity index (χ1n) is 3.58. The fraction of sp³-hybridized carbons (Fsp3) is 0.250. The van der Waals surface area contributed by atoms with Crippen LogP contribution in [-0.2, 0) is 5.33 Å². The molecule has 1 rings (SSSR count). The molecule has 0 saturated heterocycles. The van der Waals surface area contributed by atoms with Crippen molar-refractivity contribution in [2.45, 2.75) is 11.8 Å². The third-order valence-corrected chi connectivity index (χ3v) is 3.07. The van der Waals surface area contributed by atoms with Crippen LogP contribution < -0.4 is 0 Å². The van der Waals surface area contributed by atoms with E-state index in [9.17, 15) is 13.6 Å². The van der Waals surface area contributed by atoms with Crippen molar-refractivity contribution < 1.29 is 13.6 Å². The molecule has 14 heavy (non-hydrogen) atoms. The standard InChI is InChI=1S/C8H5BrF2INO/c9-2-4-1-5(7(10)11)8(12)13-6(4)3-14/h1,3,7H,2H2. The van der Waals surface area contributed by atoms with Gasteiger partial charge in [-0.05, 0) is 34.2 Å². The summed E-state index contributed by atoms with van der Waals surface area (Å²) in [6.45, 7) is 0. The average molecular weight is 376 g/mol. The van der Waals surface area contributed by atoms with Gasteiger partial charge in [-0.25, -0.2) is 13.8 Å². The van der Waals surface area contributed by atoms with E-state index in [4.69, 9.17) is 0 Å². The van der Waals surface area contributed by atoms with Crippen LogP contribution in [-0.4, -0.2) is 11.3 Å². The van der Waals surface area contributed by atoms with Crippen LogP contribution in [0, 0.1) is 3.70 Å². The summed E-state index contributed by atoms with van der Waals surface area (Å²) in [6.07, 6.45) is -2.00. The van der Waals surface area contributed by atoms with Crippen LogP contribution in [0.1, 0.15) is 28.0 Å². The average Bonchev–Trinajstić information content (AvgIpc) is 2.16. The minimum absolute atomic E-state index is 0.134. The van der Waals surface area contributed by atoms with Crippen molar-refractivity contribution in [1.29, 1.82) is 0 Å². The smallest absolute Gasteiger partial charge is 0.266 e. The highest BCUT2D eigenvalue weighted by atomic mass is 127. The molecule has 0 N–H and O–H groups in total. The van der Waals surface area contributed by atoms with Gasteiger partial charge < -0.3 is 0 Å². The summed E-state index contributed by atoms with van der Waals surface area (Å²) in [7, 11) is 0. The first kappa shape index (κ1) is 12.0. The predicted molar refractivity (Wildman–Crippen MR) is 59.9 cm³/mol. The van der Waals surface area contributed by atoms with E-state index in [2.05, 4.69) is 20.9 Å². The van der Waals surface area contributed by atoms with Gasteiger partial charge in [0, 0.05) is 10.9 Å². The topological polar surface area (TPSA) is 30.0 Å². The van der Waals surface area contributed by atoms with Crippen molar-refractivity contribution in [1.82, 2.24) is 4.98 Å². The van der Waals surface area contributed by atoms with E-state index >= 15 is 0 Å². The molecule has 0 amide bonds. The van der Waals surface area contributed by atoms with Crippen molar-refractivity contribution in [3.05, 3.63) is 26.6 Å². The summed E-state index contributed by atoms with van der Waals surface area (Å²) in [5.74, 6) is 0. The lowest BCUT2D eigenvalue weighted by molar-refractivity contribution is 0.111. The minimum atomic E-state index is -2.56. The SMILES string of the molecule is O=Cc1nc(I)c(C(F)F)cc1CBr. The van der Waals surface area contributed by atoms with Gasteiger partial charge >= 0.3 is 0 Å². The molecule has 6 heteroatoms. The quantitative estimate of drug-likeness (QED) is 0.351. The Morgan fingerprint density at radius 1 is 1.64 bits per heavy atom. The second-order valence-electron chi connectivity index (χ2n) is 2.46. The van der Waals surface area contributed by atoms with Gasteiger partial charge in [-0.2, -0.15) is 0 Å². The zero-order chi connectivity index (χ0) is 10.7. The first-order valence-corrected chi connectivity index (χ1v) is 5.78. The third kappa shape index (κ3) is 2.47. The predicted octanol–water partition coefficient (Wildman–Crippen LogP) is 3.33. The number of alkyl halides is 3. The fourth-order valence-electron chi connectivity index (χ4n) is 0.925. The number of nitrogens with zero attached hydrogens (tertiary/aromatic N) is 1. The molecule has 0 aliphatic carbocycles. The monoisotopic (exact) mass is 375 g/mol. The van der Waals surface area contributed by atoms with Crippen molar-refractivity contribution in [2.24, 2.45) is 0 Å². The lowest BCUT2D eigenvalue weighted by atomic mass is 10.2. The number of hydrogen-bond acceptors (Lipinski definition) is 2. The molecule has 0 saturated carbocycles. The van der Waals surface area contributed by atoms with Gasteiger partial charge in [-0.1, -0.05) is 15.9 Å². The molecule has 2 nitrogen and oxygen atoms in total. The molecular formula is C8H5BrF2INO. The molecule has 0 aliphatic rings. The number of hydrogen-bond donors (Lipinski definition) is 0. The number of halogens is 4. The van der Waals surface area contributed by atoms with E-state index in [-0.39, 0.29) is 15.0 Å². The van der Waals surface area contributed by atoms with Gasteiger partial charge in [-0.15, -0.1) is 0 Å². The van der Waals surface area contributed by atoms with E-state index < -0.39 is 6.43 Å². The lowest BCUT2D eigenvalue weighted by Gasteiger charge is -2.06. The Morgan fingerprint density at radius 2 is 2.29 bits per heavy atom. The summed E-state index contributed by atoms with van der Waals surface area (Å²) in [6, 6.07) is 1.30. The van der Waals surface area contributed by atoms with E-state index in [0.29, 0.717) is 17.2 Å². The molecule has 0 aliphatic heterocycles. The van der Waals surface area contributed by atoms with Gasteiger partial charge in [-0.3, -0.25) is 4.79 Å². The van der Waals surface area contributed by atoms with E-state index in [1.54, 1.807) is 22.6 Å². The van der Waals surface area contributed by atoms with Gasteiger partial charge in [0.15, 0.2) is 6.29 Å². The minimum Gasteiger partial charge on any atom is -0.296 e. The fourth-order valence-corrected chi connectivity index (χ4v) is 2.03. The second kappa shape index (κ2) is 5.11. The van der Waals surface area contributed by atoms with Crippen molar-refractivity contribution in [2.75, 3.05) is 0 Å². The van der Waals surface area contributed by atoms with Crippen molar-refractivity contribution in [3.63, 3.8) is 0 Å². The first-order chi connectivity index (χ1) is 6.60. The summed E-state index contributed by atoms with van der Waals surface area (Å²) in [4.78, 5) is 14.3. The van der Waals surface area contributed by atoms with Gasteiger partial charge in [0.2, 0.25) is 0 Å². The molecule has 1 heterocycles. The highest BCUT2D eigenvalue weighted by Gasteiger charge is 2.15. The number of aldehydes is 1.